The summed E-state index contributed by atoms with van der Waals surface area (Å²) in [4.78, 5) is 15.3. The van der Waals surface area contributed by atoms with Gasteiger partial charge in [0.05, 0.1) is 6.33 Å². The Morgan fingerprint density at radius 3 is 2.77 bits per heavy atom. The lowest BCUT2D eigenvalue weighted by atomic mass is 9.94. The van der Waals surface area contributed by atoms with E-state index in [-0.39, 0.29) is 12.0 Å². The monoisotopic (exact) mass is 321 g/mol. The molecule has 2 heterocycles. The van der Waals surface area contributed by atoms with Gasteiger partial charge in [0.15, 0.2) is 17.0 Å². The van der Waals surface area contributed by atoms with E-state index in [1.807, 2.05) is 25.3 Å². The SMILES string of the molecule is CN(C)c1ncnc2c1ncn2[C@H]1C[C@H]2[C@H](CO)[C@@H]1C[C@@H]2Cl. The van der Waals surface area contributed by atoms with Crippen molar-refractivity contribution in [1.29, 1.82) is 0 Å². The summed E-state index contributed by atoms with van der Waals surface area (Å²) in [7, 11) is 3.91. The molecule has 2 aromatic rings. The second-order valence-electron chi connectivity index (χ2n) is 6.64. The van der Waals surface area contributed by atoms with Crippen LogP contribution in [-0.2, 0) is 0 Å². The Balaban J connectivity index is 1.76. The second kappa shape index (κ2) is 5.06. The molecule has 2 aliphatic rings. The summed E-state index contributed by atoms with van der Waals surface area (Å²) >= 11 is 6.43. The van der Waals surface area contributed by atoms with E-state index in [1.165, 1.54) is 0 Å². The Morgan fingerprint density at radius 1 is 1.27 bits per heavy atom. The van der Waals surface area contributed by atoms with Crippen LogP contribution in [0.25, 0.3) is 11.2 Å². The van der Waals surface area contributed by atoms with E-state index in [1.54, 1.807) is 6.33 Å². The zero-order chi connectivity index (χ0) is 15.4. The van der Waals surface area contributed by atoms with Crippen LogP contribution in [0.2, 0.25) is 0 Å². The molecule has 0 aliphatic heterocycles. The summed E-state index contributed by atoms with van der Waals surface area (Å²) in [6, 6.07) is 0.326. The maximum atomic E-state index is 9.69. The van der Waals surface area contributed by atoms with Crippen molar-refractivity contribution in [2.24, 2.45) is 17.8 Å². The smallest absolute Gasteiger partial charge is 0.165 e. The number of halogens is 1. The number of nitrogens with zero attached hydrogens (tertiary/aromatic N) is 5. The quantitative estimate of drug-likeness (QED) is 0.871. The molecule has 2 aromatic heterocycles. The molecule has 0 aromatic carbocycles. The van der Waals surface area contributed by atoms with E-state index in [2.05, 4.69) is 19.5 Å². The number of anilines is 1. The predicted octanol–water partition coefficient (Wildman–Crippen LogP) is 1.69. The molecule has 6 nitrogen and oxygen atoms in total. The molecule has 5 atom stereocenters. The van der Waals surface area contributed by atoms with Crippen molar-refractivity contribution >= 4 is 28.6 Å². The molecule has 0 radical (unpaired) electrons. The van der Waals surface area contributed by atoms with Crippen LogP contribution < -0.4 is 4.90 Å². The number of fused-ring (bicyclic) bond motifs is 3. The number of aliphatic hydroxyl groups excluding tert-OH is 1. The molecular weight excluding hydrogens is 302 g/mol. The normalized spacial score (nSPS) is 33.7. The van der Waals surface area contributed by atoms with Gasteiger partial charge in [-0.2, -0.15) is 0 Å². The van der Waals surface area contributed by atoms with Gasteiger partial charge >= 0.3 is 0 Å². The maximum absolute atomic E-state index is 9.69. The lowest BCUT2D eigenvalue weighted by Crippen LogP contribution is -2.21. The lowest BCUT2D eigenvalue weighted by Gasteiger charge is -2.26. The van der Waals surface area contributed by atoms with Crippen LogP contribution in [0.1, 0.15) is 18.9 Å². The van der Waals surface area contributed by atoms with Crippen molar-refractivity contribution in [3.05, 3.63) is 12.7 Å². The highest BCUT2D eigenvalue weighted by Gasteiger charge is 2.53. The Morgan fingerprint density at radius 2 is 2.09 bits per heavy atom. The first kappa shape index (κ1) is 14.2. The largest absolute Gasteiger partial charge is 0.396 e. The Labute approximate surface area is 134 Å². The van der Waals surface area contributed by atoms with Gasteiger partial charge in [-0.05, 0) is 30.6 Å². The van der Waals surface area contributed by atoms with Gasteiger partial charge in [0, 0.05) is 32.1 Å². The number of alkyl halides is 1. The average molecular weight is 322 g/mol. The van der Waals surface area contributed by atoms with Gasteiger partial charge in [-0.3, -0.25) is 0 Å². The Hall–Kier alpha value is -1.40. The molecule has 7 heteroatoms. The number of hydrogen-bond acceptors (Lipinski definition) is 5. The minimum absolute atomic E-state index is 0.195. The van der Waals surface area contributed by atoms with Crippen LogP contribution in [0.3, 0.4) is 0 Å². The third-order valence-corrected chi connectivity index (χ3v) is 5.90. The van der Waals surface area contributed by atoms with Crippen molar-refractivity contribution in [2.75, 3.05) is 25.6 Å². The summed E-state index contributed by atoms with van der Waals surface area (Å²) in [5, 5.41) is 9.89. The van der Waals surface area contributed by atoms with Crippen LogP contribution in [-0.4, -0.2) is 50.7 Å². The van der Waals surface area contributed by atoms with Gasteiger partial charge in [-0.1, -0.05) is 0 Å². The number of aliphatic hydroxyl groups is 1. The highest BCUT2D eigenvalue weighted by atomic mass is 35.5. The molecule has 2 bridgehead atoms. The fourth-order valence-electron chi connectivity index (χ4n) is 4.41. The third-order valence-electron chi connectivity index (χ3n) is 5.40. The van der Waals surface area contributed by atoms with Gasteiger partial charge in [0.1, 0.15) is 6.33 Å². The van der Waals surface area contributed by atoms with Gasteiger partial charge in [-0.15, -0.1) is 11.6 Å². The Kier molecular flexibility index (Phi) is 3.27. The minimum atomic E-state index is 0.195. The zero-order valence-electron chi connectivity index (χ0n) is 12.7. The van der Waals surface area contributed by atoms with Crippen molar-refractivity contribution in [2.45, 2.75) is 24.3 Å². The van der Waals surface area contributed by atoms with E-state index in [0.29, 0.717) is 23.8 Å². The van der Waals surface area contributed by atoms with Crippen LogP contribution in [0.15, 0.2) is 12.7 Å². The summed E-state index contributed by atoms with van der Waals surface area (Å²) in [5.74, 6) is 1.95. The van der Waals surface area contributed by atoms with E-state index < -0.39 is 0 Å². The molecule has 0 unspecified atom stereocenters. The van der Waals surface area contributed by atoms with Crippen molar-refractivity contribution < 1.29 is 5.11 Å². The minimum Gasteiger partial charge on any atom is -0.396 e. The first-order chi connectivity index (χ1) is 10.6. The van der Waals surface area contributed by atoms with E-state index >= 15 is 0 Å². The van der Waals surface area contributed by atoms with Crippen molar-refractivity contribution in [3.63, 3.8) is 0 Å². The molecule has 4 rings (SSSR count). The molecule has 0 amide bonds. The number of rotatable bonds is 3. The van der Waals surface area contributed by atoms with E-state index in [4.69, 9.17) is 11.6 Å². The number of hydrogen-bond donors (Lipinski definition) is 1. The summed E-state index contributed by atoms with van der Waals surface area (Å²) in [5.41, 5.74) is 1.71. The fraction of sp³-hybridized carbons (Fsp3) is 0.667. The van der Waals surface area contributed by atoms with Gasteiger partial charge < -0.3 is 14.6 Å². The number of imidazole rings is 1. The molecule has 2 saturated carbocycles. The Bertz CT molecular complexity index is 702. The molecule has 0 saturated heterocycles. The van der Waals surface area contributed by atoms with E-state index in [9.17, 15) is 5.11 Å². The predicted molar refractivity (Wildman–Crippen MR) is 85.1 cm³/mol. The molecule has 22 heavy (non-hydrogen) atoms. The molecule has 2 aliphatic carbocycles. The van der Waals surface area contributed by atoms with Crippen LogP contribution >= 0.6 is 11.6 Å². The standard InChI is InChI=1S/C15H20ClN5O/c1-20(2)14-13-15(18-6-17-14)21(7-19-13)12-4-8-10(5-22)9(12)3-11(8)16/h6-12,22H,3-5H2,1-2H3/t8-,9-,10-,11-,12-/m0/s1. The maximum Gasteiger partial charge on any atom is 0.165 e. The molecule has 0 spiro atoms. The summed E-state index contributed by atoms with van der Waals surface area (Å²) in [6.45, 7) is 0.222. The van der Waals surface area contributed by atoms with Gasteiger partial charge in [0.25, 0.3) is 0 Å². The van der Waals surface area contributed by atoms with E-state index in [0.717, 1.165) is 29.8 Å². The molecule has 118 valence electrons. The highest BCUT2D eigenvalue weighted by Crippen LogP contribution is 2.56. The van der Waals surface area contributed by atoms with Crippen LogP contribution in [0.4, 0.5) is 5.82 Å². The second-order valence-corrected chi connectivity index (χ2v) is 7.21. The third kappa shape index (κ3) is 1.86. The molecule has 2 fully saturated rings. The molecule has 1 N–H and O–H groups in total. The van der Waals surface area contributed by atoms with Gasteiger partial charge in [0.2, 0.25) is 0 Å². The summed E-state index contributed by atoms with van der Waals surface area (Å²) < 4.78 is 2.17. The fourth-order valence-corrected chi connectivity index (χ4v) is 4.91. The zero-order valence-corrected chi connectivity index (χ0v) is 13.5. The van der Waals surface area contributed by atoms with Crippen molar-refractivity contribution in [3.8, 4) is 0 Å². The van der Waals surface area contributed by atoms with Crippen LogP contribution in [0.5, 0.6) is 0 Å². The van der Waals surface area contributed by atoms with Crippen LogP contribution in [0, 0.1) is 17.8 Å². The summed E-state index contributed by atoms with van der Waals surface area (Å²) in [6.07, 6.45) is 5.43. The number of aromatic nitrogens is 4. The lowest BCUT2D eigenvalue weighted by molar-refractivity contribution is 0.185. The van der Waals surface area contributed by atoms with Gasteiger partial charge in [-0.25, -0.2) is 15.0 Å². The first-order valence-electron chi connectivity index (χ1n) is 7.71. The molecular formula is C15H20ClN5O. The topological polar surface area (TPSA) is 67.1 Å². The highest BCUT2D eigenvalue weighted by molar-refractivity contribution is 6.21. The van der Waals surface area contributed by atoms with Crippen molar-refractivity contribution in [1.82, 2.24) is 19.5 Å². The average Bonchev–Trinajstić information content (AvgIpc) is 3.15. The first-order valence-corrected chi connectivity index (χ1v) is 8.15.